The van der Waals surface area contributed by atoms with Gasteiger partial charge in [-0.25, -0.2) is 9.45 Å². The molecule has 0 saturated carbocycles. The molecule has 0 radical (unpaired) electrons. The van der Waals surface area contributed by atoms with Crippen LogP contribution in [0.5, 0.6) is 0 Å². The van der Waals surface area contributed by atoms with E-state index in [1.54, 1.807) is 18.2 Å². The number of amides is 1. The second-order valence-corrected chi connectivity index (χ2v) is 5.54. The molecule has 1 aromatic rings. The lowest BCUT2D eigenvalue weighted by atomic mass is 9.94. The molecule has 1 heterocycles. The fourth-order valence-corrected chi connectivity index (χ4v) is 2.03. The quantitative estimate of drug-likeness (QED) is 0.767. The fourth-order valence-electron chi connectivity index (χ4n) is 2.03. The summed E-state index contributed by atoms with van der Waals surface area (Å²) in [6.45, 7) is 5.93. The van der Waals surface area contributed by atoms with Crippen LogP contribution in [0.15, 0.2) is 24.3 Å². The molecule has 0 N–H and O–H groups in total. The van der Waals surface area contributed by atoms with Crippen LogP contribution >= 0.6 is 0 Å². The van der Waals surface area contributed by atoms with Gasteiger partial charge in [-0.1, -0.05) is 39.0 Å². The maximum Gasteiger partial charge on any atom is 0.252 e. The predicted molar refractivity (Wildman–Crippen MR) is 66.0 cm³/mol. The zero-order valence-corrected chi connectivity index (χ0v) is 10.9. The van der Waals surface area contributed by atoms with Gasteiger partial charge in [-0.3, -0.25) is 9.63 Å². The Kier molecular flexibility index (Phi) is 3.39. The van der Waals surface area contributed by atoms with E-state index in [4.69, 9.17) is 4.84 Å². The number of nitrogens with zero attached hydrogens (tertiary/aromatic N) is 1. The van der Waals surface area contributed by atoms with Crippen LogP contribution in [0.3, 0.4) is 0 Å². The first kappa shape index (κ1) is 13.0. The van der Waals surface area contributed by atoms with Crippen LogP contribution in [0.25, 0.3) is 0 Å². The molecule has 2 rings (SSSR count). The Morgan fingerprint density at radius 2 is 2.06 bits per heavy atom. The number of halogens is 1. The number of hydrogen-bond acceptors (Lipinski definition) is 2. The second-order valence-electron chi connectivity index (χ2n) is 5.54. The van der Waals surface area contributed by atoms with Gasteiger partial charge in [0.2, 0.25) is 0 Å². The standard InChI is InChI=1S/C14H18FNO2/c1-14(2,3)13(17)16-12(8-9-18-16)10-6-4-5-7-11(10)15/h4-7,12H,8-9H2,1-3H3/t12-/m0/s1. The molecule has 3 nitrogen and oxygen atoms in total. The van der Waals surface area contributed by atoms with E-state index in [-0.39, 0.29) is 17.8 Å². The Morgan fingerprint density at radius 1 is 1.39 bits per heavy atom. The number of carbonyl (C=O) groups is 1. The molecule has 1 aromatic carbocycles. The Labute approximate surface area is 106 Å². The maximum absolute atomic E-state index is 13.8. The molecular weight excluding hydrogens is 233 g/mol. The highest BCUT2D eigenvalue weighted by Crippen LogP contribution is 2.34. The number of benzene rings is 1. The third-order valence-electron chi connectivity index (χ3n) is 3.01. The van der Waals surface area contributed by atoms with E-state index in [0.29, 0.717) is 18.6 Å². The van der Waals surface area contributed by atoms with Gasteiger partial charge in [0, 0.05) is 17.4 Å². The topological polar surface area (TPSA) is 29.5 Å². The van der Waals surface area contributed by atoms with E-state index in [2.05, 4.69) is 0 Å². The minimum absolute atomic E-state index is 0.117. The third kappa shape index (κ3) is 2.38. The van der Waals surface area contributed by atoms with Gasteiger partial charge < -0.3 is 0 Å². The SMILES string of the molecule is CC(C)(C)C(=O)N1OCC[C@H]1c1ccccc1F. The van der Waals surface area contributed by atoms with Gasteiger partial charge >= 0.3 is 0 Å². The summed E-state index contributed by atoms with van der Waals surface area (Å²) in [4.78, 5) is 17.6. The minimum Gasteiger partial charge on any atom is -0.272 e. The summed E-state index contributed by atoms with van der Waals surface area (Å²) in [7, 11) is 0. The lowest BCUT2D eigenvalue weighted by Gasteiger charge is -2.29. The fraction of sp³-hybridized carbons (Fsp3) is 0.500. The largest absolute Gasteiger partial charge is 0.272 e. The lowest BCUT2D eigenvalue weighted by molar-refractivity contribution is -0.186. The predicted octanol–water partition coefficient (Wildman–Crippen LogP) is 3.08. The first-order chi connectivity index (χ1) is 8.41. The third-order valence-corrected chi connectivity index (χ3v) is 3.01. The highest BCUT2D eigenvalue weighted by atomic mass is 19.1. The van der Waals surface area contributed by atoms with Crippen molar-refractivity contribution in [1.82, 2.24) is 5.06 Å². The van der Waals surface area contributed by atoms with E-state index in [9.17, 15) is 9.18 Å². The summed E-state index contributed by atoms with van der Waals surface area (Å²) in [5.74, 6) is -0.409. The Hall–Kier alpha value is -1.42. The van der Waals surface area contributed by atoms with E-state index in [0.717, 1.165) is 0 Å². The van der Waals surface area contributed by atoms with E-state index in [1.165, 1.54) is 11.1 Å². The number of carbonyl (C=O) groups excluding carboxylic acids is 1. The van der Waals surface area contributed by atoms with Crippen LogP contribution in [-0.2, 0) is 9.63 Å². The molecule has 1 fully saturated rings. The van der Waals surface area contributed by atoms with Gasteiger partial charge in [-0.2, -0.15) is 0 Å². The van der Waals surface area contributed by atoms with Crippen molar-refractivity contribution in [2.75, 3.05) is 6.61 Å². The zero-order chi connectivity index (χ0) is 13.3. The molecule has 0 aromatic heterocycles. The lowest BCUT2D eigenvalue weighted by Crippen LogP contribution is -2.38. The van der Waals surface area contributed by atoms with Crippen LogP contribution in [-0.4, -0.2) is 17.6 Å². The molecule has 4 heteroatoms. The number of rotatable bonds is 1. The molecule has 0 bridgehead atoms. The van der Waals surface area contributed by atoms with Gasteiger partial charge in [-0.15, -0.1) is 0 Å². The molecule has 98 valence electrons. The molecule has 18 heavy (non-hydrogen) atoms. The summed E-state index contributed by atoms with van der Waals surface area (Å²) < 4.78 is 13.8. The average molecular weight is 251 g/mol. The summed E-state index contributed by atoms with van der Waals surface area (Å²) in [6.07, 6.45) is 0.628. The van der Waals surface area contributed by atoms with E-state index < -0.39 is 5.41 Å². The van der Waals surface area contributed by atoms with Crippen molar-refractivity contribution in [3.05, 3.63) is 35.6 Å². The maximum atomic E-state index is 13.8. The summed E-state index contributed by atoms with van der Waals surface area (Å²) in [6, 6.07) is 6.21. The van der Waals surface area contributed by atoms with Gasteiger partial charge in [0.05, 0.1) is 12.6 Å². The van der Waals surface area contributed by atoms with Crippen molar-refractivity contribution in [2.45, 2.75) is 33.2 Å². The van der Waals surface area contributed by atoms with Gasteiger partial charge in [0.15, 0.2) is 0 Å². The molecule has 0 unspecified atom stereocenters. The molecular formula is C14H18FNO2. The number of hydrogen-bond donors (Lipinski definition) is 0. The highest BCUT2D eigenvalue weighted by molar-refractivity contribution is 5.81. The molecule has 1 atom stereocenters. The second kappa shape index (κ2) is 4.69. The van der Waals surface area contributed by atoms with Crippen molar-refractivity contribution in [3.63, 3.8) is 0 Å². The van der Waals surface area contributed by atoms with E-state index >= 15 is 0 Å². The van der Waals surface area contributed by atoms with Gasteiger partial charge in [0.25, 0.3) is 5.91 Å². The Morgan fingerprint density at radius 3 is 2.67 bits per heavy atom. The summed E-state index contributed by atoms with van der Waals surface area (Å²) >= 11 is 0. The van der Waals surface area contributed by atoms with Crippen LogP contribution in [0.2, 0.25) is 0 Å². The van der Waals surface area contributed by atoms with Gasteiger partial charge in [0.1, 0.15) is 5.82 Å². The summed E-state index contributed by atoms with van der Waals surface area (Å²) in [5, 5.41) is 1.33. The van der Waals surface area contributed by atoms with Crippen LogP contribution in [0.1, 0.15) is 38.8 Å². The number of hydroxylamine groups is 2. The van der Waals surface area contributed by atoms with Gasteiger partial charge in [-0.05, 0) is 6.07 Å². The van der Waals surface area contributed by atoms with Crippen molar-refractivity contribution < 1.29 is 14.0 Å². The van der Waals surface area contributed by atoms with Crippen molar-refractivity contribution >= 4 is 5.91 Å². The molecule has 0 aliphatic carbocycles. The normalized spacial score (nSPS) is 20.2. The molecule has 1 aliphatic heterocycles. The van der Waals surface area contributed by atoms with Crippen molar-refractivity contribution in [3.8, 4) is 0 Å². The monoisotopic (exact) mass is 251 g/mol. The zero-order valence-electron chi connectivity index (χ0n) is 10.9. The highest BCUT2D eigenvalue weighted by Gasteiger charge is 2.38. The molecule has 1 amide bonds. The minimum atomic E-state index is -0.534. The molecule has 1 saturated heterocycles. The molecule has 0 spiro atoms. The average Bonchev–Trinajstić information content (AvgIpc) is 2.76. The summed E-state index contributed by atoms with van der Waals surface area (Å²) in [5.41, 5.74) is -0.0130. The van der Waals surface area contributed by atoms with E-state index in [1.807, 2.05) is 20.8 Å². The smallest absolute Gasteiger partial charge is 0.252 e. The first-order valence-corrected chi connectivity index (χ1v) is 6.12. The first-order valence-electron chi connectivity index (χ1n) is 6.12. The molecule has 1 aliphatic rings. The van der Waals surface area contributed by atoms with Crippen LogP contribution in [0, 0.1) is 11.2 Å². The van der Waals surface area contributed by atoms with Crippen LogP contribution in [0.4, 0.5) is 4.39 Å². The Bertz CT molecular complexity index is 453. The van der Waals surface area contributed by atoms with Crippen molar-refractivity contribution in [1.29, 1.82) is 0 Å². The van der Waals surface area contributed by atoms with Crippen molar-refractivity contribution in [2.24, 2.45) is 5.41 Å². The Balaban J connectivity index is 2.29. The van der Waals surface area contributed by atoms with Crippen LogP contribution < -0.4 is 0 Å².